The zero-order chi connectivity index (χ0) is 19.8. The van der Waals surface area contributed by atoms with Gasteiger partial charge in [-0.2, -0.15) is 0 Å². The average molecular weight is 410 g/mol. The Morgan fingerprint density at radius 3 is 2.82 bits per heavy atom. The molecule has 28 heavy (non-hydrogen) atoms. The smallest absolute Gasteiger partial charge is 0.165 e. The summed E-state index contributed by atoms with van der Waals surface area (Å²) in [5.41, 5.74) is 7.52. The van der Waals surface area contributed by atoms with Crippen molar-refractivity contribution in [3.05, 3.63) is 46.9 Å². The zero-order valence-corrected chi connectivity index (χ0v) is 15.4. The van der Waals surface area contributed by atoms with Gasteiger partial charge in [0, 0.05) is 5.02 Å². The van der Waals surface area contributed by atoms with E-state index in [1.807, 2.05) is 12.1 Å². The maximum Gasteiger partial charge on any atom is 0.165 e. The SMILES string of the molecule is NC1c2ncn([C@@H]3O[C@H](CO)C(O)C3O)c2N=CN1OCc1cccc(Cl)c1. The van der Waals surface area contributed by atoms with Gasteiger partial charge in [-0.05, 0) is 17.7 Å². The van der Waals surface area contributed by atoms with Crippen molar-refractivity contribution in [2.75, 3.05) is 6.61 Å². The molecule has 1 fully saturated rings. The first-order valence-corrected chi connectivity index (χ1v) is 9.02. The number of ether oxygens (including phenoxy) is 1. The van der Waals surface area contributed by atoms with Crippen molar-refractivity contribution < 1.29 is 24.9 Å². The third-order valence-electron chi connectivity index (χ3n) is 4.70. The summed E-state index contributed by atoms with van der Waals surface area (Å²) in [6, 6.07) is 7.26. The predicted octanol–water partition coefficient (Wildman–Crippen LogP) is 0.213. The topological polar surface area (TPSA) is 139 Å². The molecule has 0 spiro atoms. The van der Waals surface area contributed by atoms with E-state index >= 15 is 0 Å². The maximum absolute atomic E-state index is 10.2. The average Bonchev–Trinajstić information content (AvgIpc) is 3.23. The van der Waals surface area contributed by atoms with Crippen LogP contribution in [0, 0.1) is 0 Å². The number of hydrogen-bond acceptors (Lipinski definition) is 9. The lowest BCUT2D eigenvalue weighted by atomic mass is 10.1. The van der Waals surface area contributed by atoms with E-state index in [9.17, 15) is 15.3 Å². The summed E-state index contributed by atoms with van der Waals surface area (Å²) in [7, 11) is 0. The van der Waals surface area contributed by atoms with Crippen molar-refractivity contribution in [2.45, 2.75) is 37.3 Å². The molecule has 0 radical (unpaired) electrons. The van der Waals surface area contributed by atoms with Gasteiger partial charge in [-0.1, -0.05) is 23.7 Å². The van der Waals surface area contributed by atoms with E-state index < -0.39 is 37.3 Å². The molecule has 1 aromatic heterocycles. The minimum atomic E-state index is -1.24. The molecule has 0 amide bonds. The number of aliphatic hydroxyl groups is 3. The first-order chi connectivity index (χ1) is 13.5. The van der Waals surface area contributed by atoms with Crippen LogP contribution in [0.25, 0.3) is 0 Å². The number of nitrogens with zero attached hydrogens (tertiary/aromatic N) is 4. The van der Waals surface area contributed by atoms with Gasteiger partial charge in [0.1, 0.15) is 37.0 Å². The first kappa shape index (κ1) is 19.3. The van der Waals surface area contributed by atoms with Gasteiger partial charge in [-0.3, -0.25) is 9.40 Å². The summed E-state index contributed by atoms with van der Waals surface area (Å²) in [5.74, 6) is 0.380. The maximum atomic E-state index is 10.2. The fraction of sp³-hybridized carbons (Fsp3) is 0.412. The fourth-order valence-electron chi connectivity index (χ4n) is 3.20. The third kappa shape index (κ3) is 3.40. The van der Waals surface area contributed by atoms with Gasteiger partial charge in [0.15, 0.2) is 18.2 Å². The highest BCUT2D eigenvalue weighted by Crippen LogP contribution is 2.37. The molecule has 2 aliphatic rings. The molecule has 2 aliphatic heterocycles. The molecule has 150 valence electrons. The molecule has 0 saturated carbocycles. The van der Waals surface area contributed by atoms with Crippen molar-refractivity contribution in [3.63, 3.8) is 0 Å². The fourth-order valence-corrected chi connectivity index (χ4v) is 3.41. The molecule has 2 aromatic rings. The van der Waals surface area contributed by atoms with Crippen molar-refractivity contribution in [1.29, 1.82) is 0 Å². The molecule has 11 heteroatoms. The molecule has 1 saturated heterocycles. The Bertz CT molecular complexity index is 877. The summed E-state index contributed by atoms with van der Waals surface area (Å²) in [4.78, 5) is 14.3. The molecule has 5 N–H and O–H groups in total. The number of rotatable bonds is 5. The zero-order valence-electron chi connectivity index (χ0n) is 14.7. The normalized spacial score (nSPS) is 29.3. The van der Waals surface area contributed by atoms with Crippen LogP contribution in [0.15, 0.2) is 35.6 Å². The molecule has 5 atom stereocenters. The Hall–Kier alpha value is -2.05. The van der Waals surface area contributed by atoms with Crippen LogP contribution >= 0.6 is 11.6 Å². The van der Waals surface area contributed by atoms with Gasteiger partial charge in [0.25, 0.3) is 0 Å². The van der Waals surface area contributed by atoms with Crippen LogP contribution in [-0.4, -0.2) is 61.2 Å². The number of fused-ring (bicyclic) bond motifs is 1. The van der Waals surface area contributed by atoms with Gasteiger partial charge < -0.3 is 25.8 Å². The molecular formula is C17H20ClN5O5. The number of nitrogens with two attached hydrogens (primary N) is 1. The first-order valence-electron chi connectivity index (χ1n) is 8.64. The number of imidazole rings is 1. The summed E-state index contributed by atoms with van der Waals surface area (Å²) < 4.78 is 7.00. The van der Waals surface area contributed by atoms with Crippen LogP contribution < -0.4 is 5.73 Å². The Balaban J connectivity index is 1.50. The van der Waals surface area contributed by atoms with E-state index in [4.69, 9.17) is 26.9 Å². The number of aliphatic imine (C=N–C) groups is 1. The van der Waals surface area contributed by atoms with Crippen molar-refractivity contribution in [3.8, 4) is 0 Å². The van der Waals surface area contributed by atoms with Gasteiger partial charge in [-0.25, -0.2) is 15.0 Å². The molecule has 3 heterocycles. The van der Waals surface area contributed by atoms with E-state index in [0.717, 1.165) is 5.56 Å². The van der Waals surface area contributed by atoms with Crippen molar-refractivity contribution in [2.24, 2.45) is 10.7 Å². The molecule has 3 unspecified atom stereocenters. The second kappa shape index (κ2) is 7.76. The van der Waals surface area contributed by atoms with Gasteiger partial charge in [0.05, 0.1) is 12.9 Å². The van der Waals surface area contributed by atoms with Crippen molar-refractivity contribution >= 4 is 23.8 Å². The summed E-state index contributed by atoms with van der Waals surface area (Å²) >= 11 is 5.97. The highest BCUT2D eigenvalue weighted by Gasteiger charge is 2.44. The lowest BCUT2D eigenvalue weighted by Crippen LogP contribution is -2.36. The number of hydrogen-bond donors (Lipinski definition) is 4. The summed E-state index contributed by atoms with van der Waals surface area (Å²) in [6.45, 7) is -0.176. The lowest BCUT2D eigenvalue weighted by Gasteiger charge is -2.28. The number of aliphatic hydroxyl groups excluding tert-OH is 3. The van der Waals surface area contributed by atoms with Gasteiger partial charge in [-0.15, -0.1) is 0 Å². The molecule has 10 nitrogen and oxygen atoms in total. The van der Waals surface area contributed by atoms with Crippen LogP contribution in [0.2, 0.25) is 5.02 Å². The minimum Gasteiger partial charge on any atom is -0.394 e. The van der Waals surface area contributed by atoms with E-state index in [0.29, 0.717) is 16.5 Å². The Labute approximate surface area is 165 Å². The van der Waals surface area contributed by atoms with E-state index in [1.165, 1.54) is 22.3 Å². The predicted molar refractivity (Wildman–Crippen MR) is 98.4 cm³/mol. The van der Waals surface area contributed by atoms with Gasteiger partial charge >= 0.3 is 0 Å². The second-order valence-electron chi connectivity index (χ2n) is 6.54. The van der Waals surface area contributed by atoms with Crippen LogP contribution in [-0.2, 0) is 16.2 Å². The Morgan fingerprint density at radius 1 is 1.29 bits per heavy atom. The molecule has 0 bridgehead atoms. The quantitative estimate of drug-likeness (QED) is 0.549. The Morgan fingerprint density at radius 2 is 2.11 bits per heavy atom. The number of halogens is 1. The van der Waals surface area contributed by atoms with E-state index in [-0.39, 0.29) is 6.61 Å². The van der Waals surface area contributed by atoms with Crippen molar-refractivity contribution in [1.82, 2.24) is 14.6 Å². The summed E-state index contributed by atoms with van der Waals surface area (Å²) in [5, 5.41) is 31.4. The van der Waals surface area contributed by atoms with Crippen LogP contribution in [0.3, 0.4) is 0 Å². The number of aromatic nitrogens is 2. The highest BCUT2D eigenvalue weighted by molar-refractivity contribution is 6.30. The molecule has 4 rings (SSSR count). The highest BCUT2D eigenvalue weighted by atomic mass is 35.5. The van der Waals surface area contributed by atoms with Crippen LogP contribution in [0.5, 0.6) is 0 Å². The standard InChI is InChI=1S/C17H20ClN5O5/c18-10-3-1-2-9(4-10)6-27-23-8-21-16-12(15(23)19)20-7-22(16)17-14(26)13(25)11(5-24)28-17/h1-4,7-8,11,13-15,17,24-26H,5-6,19H2/t11-,13?,14?,15?,17-/m1/s1. The monoisotopic (exact) mass is 409 g/mol. The molecule has 0 aliphatic carbocycles. The molecular weight excluding hydrogens is 390 g/mol. The second-order valence-corrected chi connectivity index (χ2v) is 6.98. The van der Waals surface area contributed by atoms with E-state index in [1.54, 1.807) is 12.1 Å². The Kier molecular flexibility index (Phi) is 5.34. The number of benzene rings is 1. The minimum absolute atomic E-state index is 0.241. The van der Waals surface area contributed by atoms with E-state index in [2.05, 4.69) is 9.98 Å². The largest absolute Gasteiger partial charge is 0.394 e. The van der Waals surface area contributed by atoms with Gasteiger partial charge in [0.2, 0.25) is 0 Å². The lowest BCUT2D eigenvalue weighted by molar-refractivity contribution is -0.136. The number of hydroxylamine groups is 2. The third-order valence-corrected chi connectivity index (χ3v) is 4.94. The molecule has 1 aromatic carbocycles. The summed E-state index contributed by atoms with van der Waals surface area (Å²) in [6.07, 6.45) is -2.18. The van der Waals surface area contributed by atoms with Crippen LogP contribution in [0.4, 0.5) is 5.82 Å². The van der Waals surface area contributed by atoms with Crippen LogP contribution in [0.1, 0.15) is 23.7 Å².